The SMILES string of the molecule is C[C@H](CCO)NC(=O)c1c[nH]c2cccc(F)c12. The number of hydrogen-bond acceptors (Lipinski definition) is 2. The Balaban J connectivity index is 2.28. The molecule has 1 heterocycles. The predicted molar refractivity (Wildman–Crippen MR) is 66.9 cm³/mol. The van der Waals surface area contributed by atoms with Crippen LogP contribution in [0.2, 0.25) is 0 Å². The van der Waals surface area contributed by atoms with Crippen molar-refractivity contribution in [3.8, 4) is 0 Å². The molecule has 0 saturated heterocycles. The molecule has 18 heavy (non-hydrogen) atoms. The number of aromatic nitrogens is 1. The van der Waals surface area contributed by atoms with Gasteiger partial charge in [-0.1, -0.05) is 6.07 Å². The van der Waals surface area contributed by atoms with Crippen molar-refractivity contribution in [2.24, 2.45) is 0 Å². The molecule has 0 aliphatic rings. The largest absolute Gasteiger partial charge is 0.396 e. The summed E-state index contributed by atoms with van der Waals surface area (Å²) in [5, 5.41) is 11.8. The molecule has 0 fully saturated rings. The number of nitrogens with one attached hydrogen (secondary N) is 2. The minimum atomic E-state index is -0.422. The number of halogens is 1. The van der Waals surface area contributed by atoms with Crippen LogP contribution in [0.3, 0.4) is 0 Å². The summed E-state index contributed by atoms with van der Waals surface area (Å²) in [4.78, 5) is 14.8. The Kier molecular flexibility index (Phi) is 3.62. The number of fused-ring (bicyclic) bond motifs is 1. The van der Waals surface area contributed by atoms with Crippen LogP contribution in [0.15, 0.2) is 24.4 Å². The summed E-state index contributed by atoms with van der Waals surface area (Å²) in [5.74, 6) is -0.763. The minimum Gasteiger partial charge on any atom is -0.396 e. The molecule has 0 radical (unpaired) electrons. The molecule has 1 aromatic carbocycles. The monoisotopic (exact) mass is 250 g/mol. The molecule has 0 spiro atoms. The quantitative estimate of drug-likeness (QED) is 0.774. The van der Waals surface area contributed by atoms with Crippen LogP contribution in [0.5, 0.6) is 0 Å². The summed E-state index contributed by atoms with van der Waals surface area (Å²) in [7, 11) is 0. The number of amides is 1. The molecule has 0 bridgehead atoms. The molecule has 0 unspecified atom stereocenters. The molecule has 5 heteroatoms. The second kappa shape index (κ2) is 5.18. The lowest BCUT2D eigenvalue weighted by Gasteiger charge is -2.11. The molecule has 0 aliphatic carbocycles. The van der Waals surface area contributed by atoms with Crippen LogP contribution >= 0.6 is 0 Å². The second-order valence-corrected chi connectivity index (χ2v) is 4.25. The van der Waals surface area contributed by atoms with Gasteiger partial charge in [-0.15, -0.1) is 0 Å². The van der Waals surface area contributed by atoms with Crippen molar-refractivity contribution in [2.75, 3.05) is 6.61 Å². The fourth-order valence-electron chi connectivity index (χ4n) is 1.89. The van der Waals surface area contributed by atoms with E-state index in [1.807, 2.05) is 0 Å². The number of aliphatic hydroxyl groups is 1. The third-order valence-corrected chi connectivity index (χ3v) is 2.84. The summed E-state index contributed by atoms with van der Waals surface area (Å²) in [6.07, 6.45) is 1.96. The van der Waals surface area contributed by atoms with Gasteiger partial charge in [-0.3, -0.25) is 4.79 Å². The predicted octanol–water partition coefficient (Wildman–Crippen LogP) is 1.81. The Morgan fingerprint density at radius 1 is 1.56 bits per heavy atom. The van der Waals surface area contributed by atoms with Gasteiger partial charge in [-0.25, -0.2) is 4.39 Å². The highest BCUT2D eigenvalue weighted by atomic mass is 19.1. The Morgan fingerprint density at radius 3 is 3.06 bits per heavy atom. The van der Waals surface area contributed by atoms with Gasteiger partial charge in [0.2, 0.25) is 0 Å². The van der Waals surface area contributed by atoms with Gasteiger partial charge in [-0.2, -0.15) is 0 Å². The van der Waals surface area contributed by atoms with Gasteiger partial charge in [0.1, 0.15) is 5.82 Å². The van der Waals surface area contributed by atoms with E-state index >= 15 is 0 Å². The summed E-state index contributed by atoms with van der Waals surface area (Å²) in [5.41, 5.74) is 0.878. The Morgan fingerprint density at radius 2 is 2.33 bits per heavy atom. The molecule has 2 aromatic rings. The first-order valence-electron chi connectivity index (χ1n) is 5.80. The number of carbonyl (C=O) groups is 1. The van der Waals surface area contributed by atoms with Gasteiger partial charge < -0.3 is 15.4 Å². The lowest BCUT2D eigenvalue weighted by atomic mass is 10.1. The van der Waals surface area contributed by atoms with Gasteiger partial charge in [0.05, 0.1) is 5.56 Å². The molecule has 1 atom stereocenters. The first-order chi connectivity index (χ1) is 8.63. The van der Waals surface area contributed by atoms with Crippen molar-refractivity contribution in [3.63, 3.8) is 0 Å². The molecule has 1 aromatic heterocycles. The third-order valence-electron chi connectivity index (χ3n) is 2.84. The van der Waals surface area contributed by atoms with Gasteiger partial charge in [-0.05, 0) is 25.5 Å². The fourth-order valence-corrected chi connectivity index (χ4v) is 1.89. The Bertz CT molecular complexity index is 565. The highest BCUT2D eigenvalue weighted by Gasteiger charge is 2.16. The maximum atomic E-state index is 13.7. The van der Waals surface area contributed by atoms with Crippen LogP contribution in [0.25, 0.3) is 10.9 Å². The van der Waals surface area contributed by atoms with E-state index in [1.54, 1.807) is 19.1 Å². The smallest absolute Gasteiger partial charge is 0.253 e. The summed E-state index contributed by atoms with van der Waals surface area (Å²) < 4.78 is 13.7. The van der Waals surface area contributed by atoms with Crippen molar-refractivity contribution < 1.29 is 14.3 Å². The fraction of sp³-hybridized carbons (Fsp3) is 0.308. The molecule has 1 amide bonds. The standard InChI is InChI=1S/C13H15FN2O2/c1-8(5-6-17)16-13(18)9-7-15-11-4-2-3-10(14)12(9)11/h2-4,7-8,15,17H,5-6H2,1H3,(H,16,18)/t8-/m1/s1. The van der Waals surface area contributed by atoms with Crippen LogP contribution in [-0.2, 0) is 0 Å². The summed E-state index contributed by atoms with van der Waals surface area (Å²) >= 11 is 0. The zero-order chi connectivity index (χ0) is 13.1. The van der Waals surface area contributed by atoms with E-state index in [1.165, 1.54) is 12.3 Å². The highest BCUT2D eigenvalue weighted by molar-refractivity contribution is 6.07. The van der Waals surface area contributed by atoms with Gasteiger partial charge >= 0.3 is 0 Å². The van der Waals surface area contributed by atoms with Gasteiger partial charge in [0.15, 0.2) is 0 Å². The second-order valence-electron chi connectivity index (χ2n) is 4.25. The molecule has 3 N–H and O–H groups in total. The molecular formula is C13H15FN2O2. The van der Waals surface area contributed by atoms with E-state index in [0.717, 1.165) is 0 Å². The van der Waals surface area contributed by atoms with Crippen molar-refractivity contribution in [2.45, 2.75) is 19.4 Å². The van der Waals surface area contributed by atoms with E-state index in [2.05, 4.69) is 10.3 Å². The Hall–Kier alpha value is -1.88. The number of hydrogen-bond donors (Lipinski definition) is 3. The van der Waals surface area contributed by atoms with E-state index in [9.17, 15) is 9.18 Å². The summed E-state index contributed by atoms with van der Waals surface area (Å²) in [6, 6.07) is 4.47. The van der Waals surface area contributed by atoms with Crippen molar-refractivity contribution in [1.82, 2.24) is 10.3 Å². The molecule has 2 rings (SSSR count). The number of rotatable bonds is 4. The minimum absolute atomic E-state index is 0.00366. The maximum Gasteiger partial charge on any atom is 0.253 e. The third kappa shape index (κ3) is 2.36. The lowest BCUT2D eigenvalue weighted by molar-refractivity contribution is 0.0936. The average Bonchev–Trinajstić information content (AvgIpc) is 2.74. The van der Waals surface area contributed by atoms with Crippen LogP contribution in [0.4, 0.5) is 4.39 Å². The van der Waals surface area contributed by atoms with E-state index in [4.69, 9.17) is 5.11 Å². The molecular weight excluding hydrogens is 235 g/mol. The number of benzene rings is 1. The average molecular weight is 250 g/mol. The number of aromatic amines is 1. The zero-order valence-corrected chi connectivity index (χ0v) is 10.0. The normalized spacial score (nSPS) is 12.6. The van der Waals surface area contributed by atoms with E-state index in [0.29, 0.717) is 17.3 Å². The van der Waals surface area contributed by atoms with Crippen LogP contribution in [0, 0.1) is 5.82 Å². The van der Waals surface area contributed by atoms with E-state index < -0.39 is 5.82 Å². The van der Waals surface area contributed by atoms with Crippen LogP contribution < -0.4 is 5.32 Å². The lowest BCUT2D eigenvalue weighted by Crippen LogP contribution is -2.33. The molecule has 0 saturated carbocycles. The maximum absolute atomic E-state index is 13.7. The summed E-state index contributed by atoms with van der Waals surface area (Å²) in [6.45, 7) is 1.79. The van der Waals surface area contributed by atoms with Crippen molar-refractivity contribution in [3.05, 3.63) is 35.8 Å². The van der Waals surface area contributed by atoms with E-state index in [-0.39, 0.29) is 24.1 Å². The first-order valence-corrected chi connectivity index (χ1v) is 5.80. The van der Waals surface area contributed by atoms with Gasteiger partial charge in [0, 0.05) is 29.7 Å². The molecule has 96 valence electrons. The molecule has 4 nitrogen and oxygen atoms in total. The Labute approximate surface area is 104 Å². The number of H-pyrrole nitrogens is 1. The number of carbonyl (C=O) groups excluding carboxylic acids is 1. The van der Waals surface area contributed by atoms with Crippen LogP contribution in [0.1, 0.15) is 23.7 Å². The molecule has 0 aliphatic heterocycles. The van der Waals surface area contributed by atoms with Crippen molar-refractivity contribution in [1.29, 1.82) is 0 Å². The zero-order valence-electron chi connectivity index (χ0n) is 10.0. The van der Waals surface area contributed by atoms with Crippen molar-refractivity contribution >= 4 is 16.8 Å². The van der Waals surface area contributed by atoms with Gasteiger partial charge in [0.25, 0.3) is 5.91 Å². The van der Waals surface area contributed by atoms with Crippen LogP contribution in [-0.4, -0.2) is 28.6 Å². The topological polar surface area (TPSA) is 65.1 Å². The number of aliphatic hydroxyl groups excluding tert-OH is 1. The highest BCUT2D eigenvalue weighted by Crippen LogP contribution is 2.21. The first kappa shape index (κ1) is 12.6.